The molecule has 2 aromatic carbocycles. The second-order valence-electron chi connectivity index (χ2n) is 7.17. The van der Waals surface area contributed by atoms with Crippen molar-refractivity contribution in [3.8, 4) is 22.9 Å². The van der Waals surface area contributed by atoms with Crippen LogP contribution in [0.15, 0.2) is 58.7 Å². The fourth-order valence-electron chi connectivity index (χ4n) is 3.37. The van der Waals surface area contributed by atoms with E-state index in [4.69, 9.17) is 14.5 Å². The average Bonchev–Trinajstić information content (AvgIpc) is 3.26. The quantitative estimate of drug-likeness (QED) is 0.520. The third-order valence-corrected chi connectivity index (χ3v) is 6.25. The Kier molecular flexibility index (Phi) is 6.50. The van der Waals surface area contributed by atoms with E-state index in [0.29, 0.717) is 27.5 Å². The van der Waals surface area contributed by atoms with E-state index in [0.717, 1.165) is 16.9 Å². The molecule has 8 nitrogen and oxygen atoms in total. The van der Waals surface area contributed by atoms with Crippen LogP contribution < -0.4 is 14.5 Å². The Morgan fingerprint density at radius 1 is 0.848 bits per heavy atom. The monoisotopic (exact) mass is 464 g/mol. The summed E-state index contributed by atoms with van der Waals surface area (Å²) in [5.74, 6) is 1.90. The molecule has 1 aromatic heterocycles. The van der Waals surface area contributed by atoms with Gasteiger partial charge in [0.25, 0.3) is 0 Å². The van der Waals surface area contributed by atoms with Gasteiger partial charge < -0.3 is 9.47 Å². The van der Waals surface area contributed by atoms with Crippen molar-refractivity contribution in [3.63, 3.8) is 0 Å². The van der Waals surface area contributed by atoms with Gasteiger partial charge in [-0.15, -0.1) is 0 Å². The number of hydrogen-bond acceptors (Lipinski definition) is 7. The van der Waals surface area contributed by atoms with Crippen LogP contribution in [0.3, 0.4) is 0 Å². The Bertz CT molecular complexity index is 1220. The maximum Gasteiger partial charge on any atom is 0.248 e. The number of imidazole rings is 1. The summed E-state index contributed by atoms with van der Waals surface area (Å²) in [6, 6.07) is 14.7. The van der Waals surface area contributed by atoms with E-state index in [1.807, 2.05) is 48.5 Å². The predicted molar refractivity (Wildman–Crippen MR) is 128 cm³/mol. The number of carbonyl (C=O) groups excluding carboxylic acids is 2. The molecule has 4 rings (SSSR count). The number of carbonyl (C=O) groups is 2. The minimum absolute atomic E-state index is 0.123. The molecule has 2 heterocycles. The zero-order chi connectivity index (χ0) is 23.5. The van der Waals surface area contributed by atoms with Crippen LogP contribution in [0.2, 0.25) is 0 Å². The molecule has 170 valence electrons. The lowest BCUT2D eigenvalue weighted by Crippen LogP contribution is -2.29. The summed E-state index contributed by atoms with van der Waals surface area (Å²) in [6.07, 6.45) is 0.527. The lowest BCUT2D eigenvalue weighted by molar-refractivity contribution is -0.118. The molecule has 0 atom stereocenters. The maximum atomic E-state index is 13.1. The van der Waals surface area contributed by atoms with Crippen molar-refractivity contribution in [2.24, 2.45) is 5.10 Å². The average molecular weight is 465 g/mol. The number of fused-ring (bicyclic) bond motifs is 1. The molecule has 1 amide bonds. The summed E-state index contributed by atoms with van der Waals surface area (Å²) in [4.78, 5) is 30.6. The Morgan fingerprint density at radius 3 is 1.91 bits per heavy atom. The minimum atomic E-state index is -0.211. The Morgan fingerprint density at radius 2 is 1.39 bits per heavy atom. The Balaban J connectivity index is 1.87. The number of methoxy groups -OCH3 is 2. The topological polar surface area (TPSA) is 86.0 Å². The number of hydrazone groups is 1. The van der Waals surface area contributed by atoms with E-state index in [-0.39, 0.29) is 24.7 Å². The summed E-state index contributed by atoms with van der Waals surface area (Å²) >= 11 is 1.32. The molecule has 0 bridgehead atoms. The van der Waals surface area contributed by atoms with Gasteiger partial charge in [0.15, 0.2) is 5.82 Å². The predicted octanol–water partition coefficient (Wildman–Crippen LogP) is 4.83. The molecule has 0 N–H and O–H groups in total. The van der Waals surface area contributed by atoms with E-state index in [9.17, 15) is 9.59 Å². The summed E-state index contributed by atoms with van der Waals surface area (Å²) in [7, 11) is 3.20. The number of hydrogen-bond donors (Lipinski definition) is 0. The molecule has 0 saturated carbocycles. The highest BCUT2D eigenvalue weighted by Gasteiger charge is 2.33. The first-order chi connectivity index (χ1) is 16.0. The zero-order valence-corrected chi connectivity index (χ0v) is 19.7. The first-order valence-electron chi connectivity index (χ1n) is 10.5. The second-order valence-corrected chi connectivity index (χ2v) is 8.15. The van der Waals surface area contributed by atoms with E-state index >= 15 is 0 Å². The lowest BCUT2D eigenvalue weighted by atomic mass is 10.2. The van der Waals surface area contributed by atoms with Gasteiger partial charge in [0, 0.05) is 24.0 Å². The number of nitrogens with zero attached hydrogens (tertiary/aromatic N) is 4. The Labute approximate surface area is 196 Å². The molecule has 0 unspecified atom stereocenters. The van der Waals surface area contributed by atoms with Crippen LogP contribution in [0, 0.1) is 0 Å². The van der Waals surface area contributed by atoms with Gasteiger partial charge in [-0.2, -0.15) is 10.1 Å². The molecule has 0 saturated heterocycles. The maximum absolute atomic E-state index is 13.1. The van der Waals surface area contributed by atoms with Crippen molar-refractivity contribution in [1.29, 1.82) is 0 Å². The van der Waals surface area contributed by atoms with E-state index in [1.54, 1.807) is 32.6 Å². The van der Waals surface area contributed by atoms with Gasteiger partial charge in [-0.3, -0.25) is 14.2 Å². The third-order valence-electron chi connectivity index (χ3n) is 5.18. The molecule has 0 aliphatic carbocycles. The van der Waals surface area contributed by atoms with Gasteiger partial charge >= 0.3 is 0 Å². The van der Waals surface area contributed by atoms with Crippen LogP contribution in [-0.2, 0) is 4.79 Å². The number of aromatic nitrogens is 2. The van der Waals surface area contributed by atoms with Crippen LogP contribution in [0.5, 0.6) is 11.5 Å². The second kappa shape index (κ2) is 9.50. The lowest BCUT2D eigenvalue weighted by Gasteiger charge is -2.22. The number of rotatable bonds is 6. The Hall–Kier alpha value is -3.59. The summed E-state index contributed by atoms with van der Waals surface area (Å²) in [6.45, 7) is 3.57. The molecular weight excluding hydrogens is 440 g/mol. The molecule has 0 fully saturated rings. The van der Waals surface area contributed by atoms with Crippen molar-refractivity contribution in [2.45, 2.75) is 31.7 Å². The van der Waals surface area contributed by atoms with Crippen LogP contribution in [0.25, 0.3) is 11.4 Å². The fourth-order valence-corrected chi connectivity index (χ4v) is 4.43. The number of benzene rings is 2. The van der Waals surface area contributed by atoms with Crippen LogP contribution in [-0.4, -0.2) is 40.6 Å². The number of amides is 1. The molecule has 33 heavy (non-hydrogen) atoms. The normalized spacial score (nSPS) is 12.7. The highest BCUT2D eigenvalue weighted by Crippen LogP contribution is 2.41. The van der Waals surface area contributed by atoms with Crippen LogP contribution >= 0.6 is 11.8 Å². The zero-order valence-electron chi connectivity index (χ0n) is 18.9. The summed E-state index contributed by atoms with van der Waals surface area (Å²) in [5, 5.41) is 7.06. The van der Waals surface area contributed by atoms with E-state index in [2.05, 4.69) is 5.10 Å². The van der Waals surface area contributed by atoms with Crippen LogP contribution in [0.1, 0.15) is 37.0 Å². The molecule has 9 heteroatoms. The number of thioether (sulfide) groups is 1. The van der Waals surface area contributed by atoms with E-state index in [1.165, 1.54) is 16.8 Å². The number of anilines is 1. The summed E-state index contributed by atoms with van der Waals surface area (Å²) < 4.78 is 12.1. The highest BCUT2D eigenvalue weighted by molar-refractivity contribution is 8.14. The van der Waals surface area contributed by atoms with Gasteiger partial charge in [-0.1, -0.05) is 13.8 Å². The first kappa shape index (κ1) is 22.6. The van der Waals surface area contributed by atoms with Gasteiger partial charge in [-0.25, -0.2) is 4.98 Å². The van der Waals surface area contributed by atoms with Gasteiger partial charge in [-0.05, 0) is 60.3 Å². The molecule has 0 spiro atoms. The molecule has 3 aromatic rings. The SMILES string of the molecule is CCC(=O)N1N=C(c2ccc(OC)cc2)Sc2c1nc(-c1ccc(OC)cc1)n2C(=O)CC. The largest absolute Gasteiger partial charge is 0.497 e. The van der Waals surface area contributed by atoms with E-state index < -0.39 is 0 Å². The van der Waals surface area contributed by atoms with Crippen molar-refractivity contribution >= 4 is 34.4 Å². The molecular formula is C24H24N4O4S. The van der Waals surface area contributed by atoms with Crippen molar-refractivity contribution in [3.05, 3.63) is 54.1 Å². The molecule has 0 radical (unpaired) electrons. The van der Waals surface area contributed by atoms with Crippen LogP contribution in [0.4, 0.5) is 5.82 Å². The van der Waals surface area contributed by atoms with Crippen molar-refractivity contribution in [2.75, 3.05) is 19.2 Å². The van der Waals surface area contributed by atoms with Crippen molar-refractivity contribution in [1.82, 2.24) is 9.55 Å². The minimum Gasteiger partial charge on any atom is -0.497 e. The molecule has 1 aliphatic heterocycles. The highest BCUT2D eigenvalue weighted by atomic mass is 32.2. The summed E-state index contributed by atoms with van der Waals surface area (Å²) in [5.41, 5.74) is 1.55. The van der Waals surface area contributed by atoms with Crippen molar-refractivity contribution < 1.29 is 19.1 Å². The fraction of sp³-hybridized carbons (Fsp3) is 0.250. The van der Waals surface area contributed by atoms with Gasteiger partial charge in [0.05, 0.1) is 14.2 Å². The van der Waals surface area contributed by atoms with Gasteiger partial charge in [0.1, 0.15) is 27.4 Å². The standard InChI is InChI=1S/C24H24N4O4S/c1-5-19(29)27-21(15-7-11-17(31-3)12-8-15)25-22-24(27)33-23(26-28(22)20(30)6-2)16-9-13-18(32-4)14-10-16/h7-14H,5-6H2,1-4H3. The molecule has 1 aliphatic rings. The first-order valence-corrected chi connectivity index (χ1v) is 11.4. The smallest absolute Gasteiger partial charge is 0.248 e. The number of ether oxygens (including phenoxy) is 2. The third kappa shape index (κ3) is 4.23. The van der Waals surface area contributed by atoms with Gasteiger partial charge in [0.2, 0.25) is 11.8 Å².